The molecule has 0 aliphatic carbocycles. The van der Waals surface area contributed by atoms with Crippen molar-refractivity contribution in [3.63, 3.8) is 0 Å². The Morgan fingerprint density at radius 1 is 0.864 bits per heavy atom. The van der Waals surface area contributed by atoms with Crippen LogP contribution >= 0.6 is 0 Å². The highest BCUT2D eigenvalue weighted by Crippen LogP contribution is 2.23. The molecule has 0 saturated heterocycles. The van der Waals surface area contributed by atoms with Gasteiger partial charge >= 0.3 is 0 Å². The van der Waals surface area contributed by atoms with E-state index in [1.165, 1.54) is 16.7 Å². The predicted octanol–water partition coefficient (Wildman–Crippen LogP) is 4.73. The lowest BCUT2D eigenvalue weighted by atomic mass is 9.99. The molecule has 0 amide bonds. The van der Waals surface area contributed by atoms with Crippen LogP contribution in [-0.2, 0) is 6.42 Å². The van der Waals surface area contributed by atoms with Crippen LogP contribution in [0.15, 0.2) is 77.9 Å². The number of hydrogen-bond donors (Lipinski definition) is 0. The second-order valence-corrected chi connectivity index (χ2v) is 5.24. The topological polar surface area (TPSA) is 25.2 Å². The lowest BCUT2D eigenvalue weighted by Gasteiger charge is -2.08. The summed E-state index contributed by atoms with van der Waals surface area (Å²) in [5, 5.41) is 0. The first-order valence-electron chi connectivity index (χ1n) is 7.40. The van der Waals surface area contributed by atoms with Crippen molar-refractivity contribution in [2.45, 2.75) is 13.3 Å². The maximum Gasteiger partial charge on any atom is 0.0812 e. The Morgan fingerprint density at radius 2 is 1.59 bits per heavy atom. The maximum atomic E-state index is 4.61. The van der Waals surface area contributed by atoms with Gasteiger partial charge in [-0.1, -0.05) is 48.5 Å². The Hall–Kier alpha value is -2.74. The maximum absolute atomic E-state index is 4.61. The first-order valence-corrected chi connectivity index (χ1v) is 7.40. The Bertz CT molecular complexity index is 776. The average molecular weight is 286 g/mol. The van der Waals surface area contributed by atoms with Crippen LogP contribution in [0.3, 0.4) is 0 Å². The van der Waals surface area contributed by atoms with Gasteiger partial charge in [0.15, 0.2) is 0 Å². The Morgan fingerprint density at radius 3 is 2.36 bits per heavy atom. The fraction of sp³-hybridized carbons (Fsp3) is 0.100. The van der Waals surface area contributed by atoms with E-state index >= 15 is 0 Å². The number of aryl methyl sites for hydroxylation is 1. The third-order valence-electron chi connectivity index (χ3n) is 3.66. The molecule has 0 radical (unpaired) electrons. The van der Waals surface area contributed by atoms with Gasteiger partial charge in [-0.15, -0.1) is 0 Å². The first-order chi connectivity index (χ1) is 10.8. The highest BCUT2D eigenvalue weighted by molar-refractivity contribution is 5.79. The Labute approximate surface area is 131 Å². The molecule has 1 heterocycles. The van der Waals surface area contributed by atoms with Crippen LogP contribution < -0.4 is 0 Å². The molecule has 2 heteroatoms. The van der Waals surface area contributed by atoms with Crippen molar-refractivity contribution in [1.82, 2.24) is 4.98 Å². The van der Waals surface area contributed by atoms with Gasteiger partial charge in [0.2, 0.25) is 0 Å². The van der Waals surface area contributed by atoms with Gasteiger partial charge in [0.1, 0.15) is 0 Å². The van der Waals surface area contributed by atoms with Crippen molar-refractivity contribution in [3.05, 3.63) is 95.3 Å². The SMILES string of the molecule is Cc1ccccc1Cc1ccccc1N=Cc1ccccn1. The molecule has 108 valence electrons. The molecule has 0 spiro atoms. The molecule has 0 fully saturated rings. The molecule has 22 heavy (non-hydrogen) atoms. The number of aromatic nitrogens is 1. The van der Waals surface area contributed by atoms with E-state index in [4.69, 9.17) is 0 Å². The van der Waals surface area contributed by atoms with Gasteiger partial charge in [-0.2, -0.15) is 0 Å². The normalized spacial score (nSPS) is 11.0. The summed E-state index contributed by atoms with van der Waals surface area (Å²) >= 11 is 0. The van der Waals surface area contributed by atoms with Crippen LogP contribution in [0.4, 0.5) is 5.69 Å². The van der Waals surface area contributed by atoms with Gasteiger partial charge < -0.3 is 0 Å². The third kappa shape index (κ3) is 3.47. The lowest BCUT2D eigenvalue weighted by Crippen LogP contribution is -1.92. The summed E-state index contributed by atoms with van der Waals surface area (Å²) in [4.78, 5) is 8.89. The second-order valence-electron chi connectivity index (χ2n) is 5.24. The molecule has 0 unspecified atom stereocenters. The summed E-state index contributed by atoms with van der Waals surface area (Å²) in [5.74, 6) is 0. The van der Waals surface area contributed by atoms with Gasteiger partial charge in [0, 0.05) is 6.20 Å². The van der Waals surface area contributed by atoms with Crippen LogP contribution in [0.5, 0.6) is 0 Å². The van der Waals surface area contributed by atoms with E-state index in [2.05, 4.69) is 53.3 Å². The standard InChI is InChI=1S/C20H18N2/c1-16-8-2-3-9-17(16)14-18-10-4-5-12-20(18)22-15-19-11-6-7-13-21-19/h2-13,15H,14H2,1H3. The van der Waals surface area contributed by atoms with Crippen molar-refractivity contribution in [2.24, 2.45) is 4.99 Å². The van der Waals surface area contributed by atoms with Crippen LogP contribution in [0.2, 0.25) is 0 Å². The average Bonchev–Trinajstić information content (AvgIpc) is 2.57. The zero-order valence-electron chi connectivity index (χ0n) is 12.6. The fourth-order valence-corrected chi connectivity index (χ4v) is 2.39. The summed E-state index contributed by atoms with van der Waals surface area (Å²) in [5.41, 5.74) is 5.74. The van der Waals surface area contributed by atoms with E-state index in [0.717, 1.165) is 17.8 Å². The Kier molecular flexibility index (Phi) is 4.40. The highest BCUT2D eigenvalue weighted by Gasteiger charge is 2.03. The van der Waals surface area contributed by atoms with Crippen molar-refractivity contribution in [1.29, 1.82) is 0 Å². The molecule has 0 aliphatic rings. The number of benzene rings is 2. The number of hydrogen-bond acceptors (Lipinski definition) is 2. The van der Waals surface area contributed by atoms with E-state index in [-0.39, 0.29) is 0 Å². The Balaban J connectivity index is 1.87. The molecule has 0 bridgehead atoms. The number of aliphatic imine (C=N–C) groups is 1. The minimum absolute atomic E-state index is 0.869. The van der Waals surface area contributed by atoms with Crippen LogP contribution in [0, 0.1) is 6.92 Å². The van der Waals surface area contributed by atoms with E-state index in [1.807, 2.05) is 36.5 Å². The summed E-state index contributed by atoms with van der Waals surface area (Å²) in [6.45, 7) is 2.15. The van der Waals surface area contributed by atoms with Crippen LogP contribution in [0.25, 0.3) is 0 Å². The first kappa shape index (κ1) is 14.2. The van der Waals surface area contributed by atoms with Crippen molar-refractivity contribution >= 4 is 11.9 Å². The largest absolute Gasteiger partial charge is 0.255 e. The molecule has 3 rings (SSSR count). The van der Waals surface area contributed by atoms with Crippen molar-refractivity contribution in [2.75, 3.05) is 0 Å². The van der Waals surface area contributed by atoms with Gasteiger partial charge in [-0.3, -0.25) is 9.98 Å². The van der Waals surface area contributed by atoms with E-state index < -0.39 is 0 Å². The predicted molar refractivity (Wildman–Crippen MR) is 91.9 cm³/mol. The zero-order chi connectivity index (χ0) is 15.2. The minimum Gasteiger partial charge on any atom is -0.255 e. The molecule has 2 nitrogen and oxygen atoms in total. The van der Waals surface area contributed by atoms with Crippen LogP contribution in [-0.4, -0.2) is 11.2 Å². The molecule has 2 aromatic carbocycles. The summed E-state index contributed by atoms with van der Waals surface area (Å²) < 4.78 is 0. The molecule has 1 aromatic heterocycles. The fourth-order valence-electron chi connectivity index (χ4n) is 2.39. The summed E-state index contributed by atoms with van der Waals surface area (Å²) in [6.07, 6.45) is 4.49. The third-order valence-corrected chi connectivity index (χ3v) is 3.66. The minimum atomic E-state index is 0.869. The van der Waals surface area contributed by atoms with Crippen molar-refractivity contribution in [3.8, 4) is 0 Å². The van der Waals surface area contributed by atoms with Gasteiger partial charge in [0.05, 0.1) is 17.6 Å². The highest BCUT2D eigenvalue weighted by atomic mass is 14.8. The smallest absolute Gasteiger partial charge is 0.0812 e. The van der Waals surface area contributed by atoms with E-state index in [1.54, 1.807) is 6.20 Å². The molecular weight excluding hydrogens is 268 g/mol. The van der Waals surface area contributed by atoms with Gasteiger partial charge in [-0.25, -0.2) is 0 Å². The molecule has 3 aromatic rings. The summed E-state index contributed by atoms with van der Waals surface area (Å²) in [6, 6.07) is 22.6. The number of rotatable bonds is 4. The molecule has 0 N–H and O–H groups in total. The summed E-state index contributed by atoms with van der Waals surface area (Å²) in [7, 11) is 0. The van der Waals surface area contributed by atoms with E-state index in [9.17, 15) is 0 Å². The molecular formula is C20H18N2. The van der Waals surface area contributed by atoms with Crippen molar-refractivity contribution < 1.29 is 0 Å². The quantitative estimate of drug-likeness (QED) is 0.636. The monoisotopic (exact) mass is 286 g/mol. The number of pyridine rings is 1. The zero-order valence-corrected chi connectivity index (χ0v) is 12.6. The molecule has 0 saturated carbocycles. The number of para-hydroxylation sites is 1. The van der Waals surface area contributed by atoms with Gasteiger partial charge in [0.25, 0.3) is 0 Å². The van der Waals surface area contributed by atoms with Gasteiger partial charge in [-0.05, 0) is 48.2 Å². The lowest BCUT2D eigenvalue weighted by molar-refractivity contribution is 1.15. The van der Waals surface area contributed by atoms with E-state index in [0.29, 0.717) is 0 Å². The van der Waals surface area contributed by atoms with Crippen LogP contribution in [0.1, 0.15) is 22.4 Å². The second kappa shape index (κ2) is 6.81. The number of nitrogens with zero attached hydrogens (tertiary/aromatic N) is 2. The molecule has 0 atom stereocenters. The molecule has 0 aliphatic heterocycles.